The number of rotatable bonds is 8. The Morgan fingerprint density at radius 1 is 1.25 bits per heavy atom. The summed E-state index contributed by atoms with van der Waals surface area (Å²) in [5, 5.41) is 3.21. The first-order chi connectivity index (χ1) is 11.2. The van der Waals surface area contributed by atoms with E-state index in [1.54, 1.807) is 0 Å². The van der Waals surface area contributed by atoms with E-state index >= 15 is 0 Å². The molecule has 0 aliphatic carbocycles. The second kappa shape index (κ2) is 11.5. The number of hydrogen-bond acceptors (Lipinski definition) is 3. The average Bonchev–Trinajstić information content (AvgIpc) is 3.07. The summed E-state index contributed by atoms with van der Waals surface area (Å²) < 4.78 is 0. The molecule has 136 valence electrons. The topological polar surface area (TPSA) is 66.5 Å². The third kappa shape index (κ3) is 6.83. The molecule has 0 atom stereocenters. The van der Waals surface area contributed by atoms with Crippen LogP contribution in [0.5, 0.6) is 0 Å². The Morgan fingerprint density at radius 2 is 2.00 bits per heavy atom. The van der Waals surface area contributed by atoms with Crippen LogP contribution in [0.1, 0.15) is 56.7 Å². The van der Waals surface area contributed by atoms with E-state index in [1.807, 2.05) is 6.92 Å². The second-order valence-corrected chi connectivity index (χ2v) is 6.32. The van der Waals surface area contributed by atoms with Gasteiger partial charge in [0, 0.05) is 30.9 Å². The minimum absolute atomic E-state index is 0. The van der Waals surface area contributed by atoms with Crippen LogP contribution in [-0.2, 0) is 6.54 Å². The van der Waals surface area contributed by atoms with E-state index in [0.29, 0.717) is 12.5 Å². The lowest BCUT2D eigenvalue weighted by atomic mass is 10.2. The summed E-state index contributed by atoms with van der Waals surface area (Å²) in [6.45, 7) is 7.94. The maximum atomic E-state index is 5.97. The van der Waals surface area contributed by atoms with Gasteiger partial charge in [-0.3, -0.25) is 0 Å². The fourth-order valence-electron chi connectivity index (χ4n) is 2.89. The zero-order valence-electron chi connectivity index (χ0n) is 15.1. The van der Waals surface area contributed by atoms with Gasteiger partial charge in [0.15, 0.2) is 5.96 Å². The highest BCUT2D eigenvalue weighted by Gasteiger charge is 2.17. The fourth-order valence-corrected chi connectivity index (χ4v) is 2.89. The van der Waals surface area contributed by atoms with Crippen molar-refractivity contribution in [1.29, 1.82) is 0 Å². The number of aliphatic imine (C=N–C) groups is 1. The van der Waals surface area contributed by atoms with Crippen molar-refractivity contribution in [1.82, 2.24) is 10.3 Å². The summed E-state index contributed by atoms with van der Waals surface area (Å²) in [6.07, 6.45) is 7.43. The van der Waals surface area contributed by atoms with Gasteiger partial charge in [0.2, 0.25) is 0 Å². The van der Waals surface area contributed by atoms with Crippen molar-refractivity contribution in [3.05, 3.63) is 23.4 Å². The average molecular weight is 445 g/mol. The number of halogens is 1. The lowest BCUT2D eigenvalue weighted by Crippen LogP contribution is -2.32. The van der Waals surface area contributed by atoms with E-state index in [2.05, 4.69) is 34.3 Å². The Kier molecular flexibility index (Phi) is 10.1. The summed E-state index contributed by atoms with van der Waals surface area (Å²) in [4.78, 5) is 11.6. The predicted octanol–water partition coefficient (Wildman–Crippen LogP) is 3.59. The minimum Gasteiger partial charge on any atom is -0.370 e. The number of hydrogen-bond donors (Lipinski definition) is 2. The molecule has 0 amide bonds. The van der Waals surface area contributed by atoms with Crippen molar-refractivity contribution in [3.8, 4) is 0 Å². The molecule has 0 aromatic carbocycles. The van der Waals surface area contributed by atoms with Crippen LogP contribution < -0.4 is 16.0 Å². The third-order valence-corrected chi connectivity index (χ3v) is 4.26. The molecule has 5 nitrogen and oxygen atoms in total. The van der Waals surface area contributed by atoms with E-state index in [1.165, 1.54) is 32.1 Å². The standard InChI is InChI=1S/C18H31N5.HI/c1-3-4-5-6-11-20-18(19)21-14-16-10-9-15(2)22-17(16)23-12-7-8-13-23;/h9-10H,3-8,11-14H2,1-2H3,(H3,19,20,21);1H. The van der Waals surface area contributed by atoms with E-state index < -0.39 is 0 Å². The summed E-state index contributed by atoms with van der Waals surface area (Å²) in [7, 11) is 0. The number of aromatic nitrogens is 1. The van der Waals surface area contributed by atoms with E-state index in [9.17, 15) is 0 Å². The predicted molar refractivity (Wildman–Crippen MR) is 113 cm³/mol. The van der Waals surface area contributed by atoms with Gasteiger partial charge in [-0.25, -0.2) is 9.98 Å². The highest BCUT2D eigenvalue weighted by Crippen LogP contribution is 2.23. The van der Waals surface area contributed by atoms with Crippen molar-refractivity contribution in [2.24, 2.45) is 10.7 Å². The summed E-state index contributed by atoms with van der Waals surface area (Å²) in [5.41, 5.74) is 8.19. The van der Waals surface area contributed by atoms with E-state index in [0.717, 1.165) is 43.1 Å². The van der Waals surface area contributed by atoms with Crippen LogP contribution in [0.4, 0.5) is 5.82 Å². The van der Waals surface area contributed by atoms with Gasteiger partial charge in [0.1, 0.15) is 5.82 Å². The molecule has 0 saturated carbocycles. The first-order valence-corrected chi connectivity index (χ1v) is 8.96. The van der Waals surface area contributed by atoms with Crippen LogP contribution in [0.3, 0.4) is 0 Å². The number of guanidine groups is 1. The SMILES string of the molecule is CCCCCCNC(N)=NCc1ccc(C)nc1N1CCCC1.I. The number of pyridine rings is 1. The molecular weight excluding hydrogens is 413 g/mol. The third-order valence-electron chi connectivity index (χ3n) is 4.26. The van der Waals surface area contributed by atoms with Crippen LogP contribution in [0.15, 0.2) is 17.1 Å². The number of nitrogens with zero attached hydrogens (tertiary/aromatic N) is 3. The van der Waals surface area contributed by atoms with E-state index in [-0.39, 0.29) is 24.0 Å². The molecule has 0 unspecified atom stereocenters. The second-order valence-electron chi connectivity index (χ2n) is 6.32. The van der Waals surface area contributed by atoms with Crippen LogP contribution in [0.25, 0.3) is 0 Å². The van der Waals surface area contributed by atoms with Crippen molar-refractivity contribution < 1.29 is 0 Å². The van der Waals surface area contributed by atoms with E-state index in [4.69, 9.17) is 10.7 Å². The lowest BCUT2D eigenvalue weighted by molar-refractivity contribution is 0.652. The molecule has 0 spiro atoms. The van der Waals surface area contributed by atoms with Gasteiger partial charge in [0.05, 0.1) is 6.54 Å². The maximum Gasteiger partial charge on any atom is 0.188 e. The Balaban J connectivity index is 0.00000288. The molecule has 6 heteroatoms. The molecule has 1 aromatic rings. The molecule has 2 heterocycles. The highest BCUT2D eigenvalue weighted by atomic mass is 127. The van der Waals surface area contributed by atoms with Gasteiger partial charge in [-0.15, -0.1) is 24.0 Å². The zero-order chi connectivity index (χ0) is 16.5. The largest absolute Gasteiger partial charge is 0.370 e. The molecule has 24 heavy (non-hydrogen) atoms. The first kappa shape index (κ1) is 21.0. The molecular formula is C18H32IN5. The Bertz CT molecular complexity index is 512. The summed E-state index contributed by atoms with van der Waals surface area (Å²) in [5.74, 6) is 1.62. The van der Waals surface area contributed by atoms with Gasteiger partial charge in [0.25, 0.3) is 0 Å². The molecule has 1 aliphatic heterocycles. The smallest absolute Gasteiger partial charge is 0.188 e. The zero-order valence-corrected chi connectivity index (χ0v) is 17.4. The number of anilines is 1. The summed E-state index contributed by atoms with van der Waals surface area (Å²) in [6, 6.07) is 4.19. The van der Waals surface area contributed by atoms with Crippen molar-refractivity contribution >= 4 is 35.8 Å². The monoisotopic (exact) mass is 445 g/mol. The normalized spacial score (nSPS) is 14.6. The summed E-state index contributed by atoms with van der Waals surface area (Å²) >= 11 is 0. The van der Waals surface area contributed by atoms with Crippen molar-refractivity contribution in [3.63, 3.8) is 0 Å². The number of nitrogens with one attached hydrogen (secondary N) is 1. The van der Waals surface area contributed by atoms with Crippen molar-refractivity contribution in [2.45, 2.75) is 58.9 Å². The quantitative estimate of drug-likeness (QED) is 0.278. The first-order valence-electron chi connectivity index (χ1n) is 8.96. The lowest BCUT2D eigenvalue weighted by Gasteiger charge is -2.20. The maximum absolute atomic E-state index is 5.97. The van der Waals surface area contributed by atoms with Gasteiger partial charge in [-0.2, -0.15) is 0 Å². The number of unbranched alkanes of at least 4 members (excludes halogenated alkanes) is 3. The molecule has 1 aliphatic rings. The van der Waals surface area contributed by atoms with Gasteiger partial charge < -0.3 is 16.0 Å². The Hall–Kier alpha value is -1.05. The van der Waals surface area contributed by atoms with Crippen LogP contribution >= 0.6 is 24.0 Å². The van der Waals surface area contributed by atoms with Crippen LogP contribution in [0, 0.1) is 6.92 Å². The van der Waals surface area contributed by atoms with Crippen LogP contribution in [0.2, 0.25) is 0 Å². The van der Waals surface area contributed by atoms with Gasteiger partial charge in [-0.05, 0) is 32.3 Å². The molecule has 1 aromatic heterocycles. The number of nitrogens with two attached hydrogens (primary N) is 1. The minimum atomic E-state index is 0. The van der Waals surface area contributed by atoms with Gasteiger partial charge >= 0.3 is 0 Å². The molecule has 0 bridgehead atoms. The Morgan fingerprint density at radius 3 is 2.71 bits per heavy atom. The molecule has 0 radical (unpaired) electrons. The fraction of sp³-hybridized carbons (Fsp3) is 0.667. The number of aryl methyl sites for hydroxylation is 1. The molecule has 3 N–H and O–H groups in total. The van der Waals surface area contributed by atoms with Crippen LogP contribution in [-0.4, -0.2) is 30.6 Å². The molecule has 1 saturated heterocycles. The van der Waals surface area contributed by atoms with Crippen molar-refractivity contribution in [2.75, 3.05) is 24.5 Å². The molecule has 1 fully saturated rings. The van der Waals surface area contributed by atoms with Gasteiger partial charge in [-0.1, -0.05) is 32.3 Å². The molecule has 2 rings (SSSR count). The highest BCUT2D eigenvalue weighted by molar-refractivity contribution is 14.0. The Labute approximate surface area is 163 Å².